The van der Waals surface area contributed by atoms with Crippen LogP contribution in [0.3, 0.4) is 0 Å². The number of benzene rings is 1. The fraction of sp³-hybridized carbons (Fsp3) is 0.417. The van der Waals surface area contributed by atoms with Crippen molar-refractivity contribution in [3.05, 3.63) is 34.1 Å². The Hall–Kier alpha value is -0.940. The van der Waals surface area contributed by atoms with Crippen molar-refractivity contribution in [1.29, 1.82) is 0 Å². The average Bonchev–Trinajstić information content (AvgIpc) is 2.28. The fourth-order valence-electron chi connectivity index (χ4n) is 1.98. The van der Waals surface area contributed by atoms with Crippen LogP contribution in [-0.2, 0) is 0 Å². The maximum Gasteiger partial charge on any atom is 0.258 e. The van der Waals surface area contributed by atoms with Crippen molar-refractivity contribution in [2.45, 2.75) is 13.0 Å². The Kier molecular flexibility index (Phi) is 3.79. The molecule has 0 aromatic heterocycles. The number of rotatable bonds is 1. The summed E-state index contributed by atoms with van der Waals surface area (Å²) in [5.41, 5.74) is 0.126. The van der Waals surface area contributed by atoms with Crippen LogP contribution in [0.2, 0.25) is 0 Å². The zero-order chi connectivity index (χ0) is 12.4. The molecule has 1 aromatic rings. The molecule has 17 heavy (non-hydrogen) atoms. The standard InChI is InChI=1S/C12H14BrFN2O/c1-8-7-16(6-5-15-8)12(17)11-9(13)3-2-4-10(11)14/h2-4,8,15H,5-7H2,1H3/t8-/m0/s1. The van der Waals surface area contributed by atoms with Gasteiger partial charge in [0, 0.05) is 30.1 Å². The molecule has 0 saturated carbocycles. The van der Waals surface area contributed by atoms with Crippen molar-refractivity contribution in [3.63, 3.8) is 0 Å². The first kappa shape index (κ1) is 12.5. The SMILES string of the molecule is C[C@H]1CN(C(=O)c2c(F)cccc2Br)CCN1. The Labute approximate surface area is 108 Å². The second-order valence-electron chi connectivity index (χ2n) is 4.20. The maximum absolute atomic E-state index is 13.7. The van der Waals surface area contributed by atoms with Gasteiger partial charge in [0.2, 0.25) is 0 Å². The van der Waals surface area contributed by atoms with E-state index in [1.807, 2.05) is 6.92 Å². The molecule has 1 aliphatic rings. The minimum atomic E-state index is -0.476. The Morgan fingerprint density at radius 3 is 3.00 bits per heavy atom. The number of amides is 1. The van der Waals surface area contributed by atoms with E-state index in [1.165, 1.54) is 6.07 Å². The largest absolute Gasteiger partial charge is 0.336 e. The maximum atomic E-state index is 13.7. The average molecular weight is 301 g/mol. The first-order valence-corrected chi connectivity index (χ1v) is 6.35. The molecule has 0 bridgehead atoms. The van der Waals surface area contributed by atoms with Crippen molar-refractivity contribution < 1.29 is 9.18 Å². The summed E-state index contributed by atoms with van der Waals surface area (Å²) in [5, 5.41) is 3.25. The number of carbonyl (C=O) groups is 1. The van der Waals surface area contributed by atoms with Gasteiger partial charge in [0.25, 0.3) is 5.91 Å². The molecule has 1 aliphatic heterocycles. The van der Waals surface area contributed by atoms with Crippen molar-refractivity contribution >= 4 is 21.8 Å². The summed E-state index contributed by atoms with van der Waals surface area (Å²) < 4.78 is 14.2. The third-order valence-electron chi connectivity index (χ3n) is 2.83. The van der Waals surface area contributed by atoms with Gasteiger partial charge < -0.3 is 10.2 Å². The monoisotopic (exact) mass is 300 g/mol. The lowest BCUT2D eigenvalue weighted by Crippen LogP contribution is -2.51. The summed E-state index contributed by atoms with van der Waals surface area (Å²) >= 11 is 3.23. The predicted octanol–water partition coefficient (Wildman–Crippen LogP) is 2.02. The van der Waals surface area contributed by atoms with E-state index >= 15 is 0 Å². The van der Waals surface area contributed by atoms with Gasteiger partial charge in [-0.05, 0) is 35.0 Å². The summed E-state index contributed by atoms with van der Waals surface area (Å²) in [5.74, 6) is -0.723. The van der Waals surface area contributed by atoms with E-state index in [1.54, 1.807) is 17.0 Å². The first-order valence-electron chi connectivity index (χ1n) is 5.56. The van der Waals surface area contributed by atoms with E-state index in [0.717, 1.165) is 6.54 Å². The molecule has 0 radical (unpaired) electrons. The van der Waals surface area contributed by atoms with E-state index in [4.69, 9.17) is 0 Å². The zero-order valence-electron chi connectivity index (χ0n) is 9.54. The van der Waals surface area contributed by atoms with E-state index in [0.29, 0.717) is 17.6 Å². The third kappa shape index (κ3) is 2.66. The number of hydrogen-bond donors (Lipinski definition) is 1. The Bertz CT molecular complexity index is 418. The Morgan fingerprint density at radius 2 is 2.35 bits per heavy atom. The zero-order valence-corrected chi connectivity index (χ0v) is 11.1. The molecule has 1 heterocycles. The predicted molar refractivity (Wildman–Crippen MR) is 67.5 cm³/mol. The molecular weight excluding hydrogens is 287 g/mol. The van der Waals surface area contributed by atoms with Gasteiger partial charge in [0.15, 0.2) is 0 Å². The summed E-state index contributed by atoms with van der Waals surface area (Å²) in [6, 6.07) is 4.82. The molecule has 0 unspecified atom stereocenters. The van der Waals surface area contributed by atoms with Crippen LogP contribution >= 0.6 is 15.9 Å². The molecule has 2 rings (SSSR count). The van der Waals surface area contributed by atoms with Crippen LogP contribution in [0.4, 0.5) is 4.39 Å². The van der Waals surface area contributed by atoms with Crippen LogP contribution in [0.1, 0.15) is 17.3 Å². The van der Waals surface area contributed by atoms with Crippen LogP contribution in [-0.4, -0.2) is 36.5 Å². The van der Waals surface area contributed by atoms with Crippen LogP contribution in [0.5, 0.6) is 0 Å². The fourth-order valence-corrected chi connectivity index (χ4v) is 2.49. The third-order valence-corrected chi connectivity index (χ3v) is 3.49. The number of piperazine rings is 1. The molecule has 1 saturated heterocycles. The molecule has 3 nitrogen and oxygen atoms in total. The van der Waals surface area contributed by atoms with Crippen molar-refractivity contribution in [2.24, 2.45) is 0 Å². The van der Waals surface area contributed by atoms with Crippen molar-refractivity contribution in [2.75, 3.05) is 19.6 Å². The van der Waals surface area contributed by atoms with E-state index in [9.17, 15) is 9.18 Å². The number of carbonyl (C=O) groups excluding carboxylic acids is 1. The van der Waals surface area contributed by atoms with Crippen molar-refractivity contribution in [3.8, 4) is 0 Å². The van der Waals surface area contributed by atoms with Crippen LogP contribution in [0, 0.1) is 5.82 Å². The highest BCUT2D eigenvalue weighted by Crippen LogP contribution is 2.21. The minimum absolute atomic E-state index is 0.126. The highest BCUT2D eigenvalue weighted by Gasteiger charge is 2.25. The molecule has 1 atom stereocenters. The number of halogens is 2. The summed E-state index contributed by atoms with van der Waals surface area (Å²) in [4.78, 5) is 13.9. The molecule has 0 aliphatic carbocycles. The summed E-state index contributed by atoms with van der Waals surface area (Å²) in [7, 11) is 0. The molecule has 1 amide bonds. The van der Waals surface area contributed by atoms with Crippen LogP contribution in [0.15, 0.2) is 22.7 Å². The number of nitrogens with one attached hydrogen (secondary N) is 1. The lowest BCUT2D eigenvalue weighted by atomic mass is 10.1. The highest BCUT2D eigenvalue weighted by molar-refractivity contribution is 9.10. The molecule has 92 valence electrons. The van der Waals surface area contributed by atoms with Gasteiger partial charge in [0.1, 0.15) is 5.82 Å². The van der Waals surface area contributed by atoms with Gasteiger partial charge >= 0.3 is 0 Å². The van der Waals surface area contributed by atoms with Gasteiger partial charge in [-0.3, -0.25) is 4.79 Å². The first-order chi connectivity index (χ1) is 8.09. The normalized spacial score (nSPS) is 20.4. The van der Waals surface area contributed by atoms with Crippen LogP contribution < -0.4 is 5.32 Å². The molecule has 5 heteroatoms. The van der Waals surface area contributed by atoms with Crippen LogP contribution in [0.25, 0.3) is 0 Å². The Balaban J connectivity index is 2.24. The highest BCUT2D eigenvalue weighted by atomic mass is 79.9. The van der Waals surface area contributed by atoms with Crippen molar-refractivity contribution in [1.82, 2.24) is 10.2 Å². The van der Waals surface area contributed by atoms with Gasteiger partial charge in [-0.25, -0.2) is 4.39 Å². The minimum Gasteiger partial charge on any atom is -0.336 e. The molecule has 1 N–H and O–H groups in total. The van der Waals surface area contributed by atoms with Gasteiger partial charge in [0.05, 0.1) is 5.56 Å². The summed E-state index contributed by atoms with van der Waals surface area (Å²) in [6.07, 6.45) is 0. The smallest absolute Gasteiger partial charge is 0.258 e. The molecular formula is C12H14BrFN2O. The lowest BCUT2D eigenvalue weighted by Gasteiger charge is -2.32. The Morgan fingerprint density at radius 1 is 1.59 bits per heavy atom. The quantitative estimate of drug-likeness (QED) is 0.861. The molecule has 1 aromatic carbocycles. The number of nitrogens with zero attached hydrogens (tertiary/aromatic N) is 1. The van der Waals surface area contributed by atoms with Gasteiger partial charge in [-0.15, -0.1) is 0 Å². The molecule has 0 spiro atoms. The topological polar surface area (TPSA) is 32.3 Å². The molecule has 1 fully saturated rings. The van der Waals surface area contributed by atoms with Gasteiger partial charge in [-0.2, -0.15) is 0 Å². The second-order valence-corrected chi connectivity index (χ2v) is 5.06. The van der Waals surface area contributed by atoms with E-state index in [-0.39, 0.29) is 17.5 Å². The number of hydrogen-bond acceptors (Lipinski definition) is 2. The van der Waals surface area contributed by atoms with E-state index in [2.05, 4.69) is 21.2 Å². The lowest BCUT2D eigenvalue weighted by molar-refractivity contribution is 0.0703. The van der Waals surface area contributed by atoms with Gasteiger partial charge in [-0.1, -0.05) is 6.07 Å². The second kappa shape index (κ2) is 5.14. The van der Waals surface area contributed by atoms with E-state index < -0.39 is 5.82 Å². The summed E-state index contributed by atoms with van der Waals surface area (Å²) in [6.45, 7) is 3.98.